The number of nitrogens with one attached hydrogen (secondary N) is 1. The summed E-state index contributed by atoms with van der Waals surface area (Å²) in [4.78, 5) is 10.6. The highest BCUT2D eigenvalue weighted by Crippen LogP contribution is 2.51. The fourth-order valence-corrected chi connectivity index (χ4v) is 2.62. The third-order valence-corrected chi connectivity index (χ3v) is 5.23. The van der Waals surface area contributed by atoms with Crippen molar-refractivity contribution in [2.24, 2.45) is 11.3 Å². The average Bonchev–Trinajstić information content (AvgIpc) is 2.94. The molecule has 0 aromatic carbocycles. The maximum absolute atomic E-state index is 11.6. The fourth-order valence-electron chi connectivity index (χ4n) is 1.62. The molecule has 0 saturated heterocycles. The molecule has 2 N–H and O–H groups in total. The van der Waals surface area contributed by atoms with Crippen LogP contribution in [0.3, 0.4) is 0 Å². The van der Waals surface area contributed by atoms with Gasteiger partial charge in [0, 0.05) is 6.54 Å². The number of carbonyl (C=O) groups is 1. The Kier molecular flexibility index (Phi) is 3.64. The van der Waals surface area contributed by atoms with Crippen molar-refractivity contribution in [3.05, 3.63) is 0 Å². The molecule has 16 heavy (non-hydrogen) atoms. The zero-order chi connectivity index (χ0) is 12.6. The van der Waals surface area contributed by atoms with E-state index in [1.807, 2.05) is 0 Å². The lowest BCUT2D eigenvalue weighted by Gasteiger charge is -2.20. The number of hydrogen-bond acceptors (Lipinski definition) is 3. The highest BCUT2D eigenvalue weighted by atomic mass is 32.2. The van der Waals surface area contributed by atoms with Gasteiger partial charge >= 0.3 is 5.97 Å². The molecule has 1 rings (SSSR count). The van der Waals surface area contributed by atoms with Crippen molar-refractivity contribution in [2.45, 2.75) is 38.9 Å². The van der Waals surface area contributed by atoms with E-state index in [2.05, 4.69) is 18.6 Å². The monoisotopic (exact) mass is 249 g/mol. The third kappa shape index (κ3) is 2.74. The first-order valence-corrected chi connectivity index (χ1v) is 6.97. The molecule has 0 bridgehead atoms. The molecule has 0 aromatic heterocycles. The Labute approximate surface area is 96.3 Å². The van der Waals surface area contributed by atoms with E-state index in [1.54, 1.807) is 0 Å². The van der Waals surface area contributed by atoms with Gasteiger partial charge in [-0.3, -0.25) is 4.79 Å². The van der Waals surface area contributed by atoms with Gasteiger partial charge in [0.25, 0.3) is 0 Å². The van der Waals surface area contributed by atoms with E-state index in [1.165, 1.54) is 6.92 Å². The molecule has 94 valence electrons. The van der Waals surface area contributed by atoms with Crippen LogP contribution in [0, 0.1) is 11.3 Å². The van der Waals surface area contributed by atoms with Gasteiger partial charge < -0.3 is 5.11 Å². The number of hydrogen-bond donors (Lipinski definition) is 2. The summed E-state index contributed by atoms with van der Waals surface area (Å²) in [6.45, 7) is 5.65. The lowest BCUT2D eigenvalue weighted by molar-refractivity contribution is -0.136. The van der Waals surface area contributed by atoms with E-state index < -0.39 is 21.2 Å². The van der Waals surface area contributed by atoms with E-state index in [0.717, 1.165) is 12.8 Å². The highest BCUT2D eigenvalue weighted by Gasteiger charge is 2.46. The number of rotatable bonds is 6. The minimum absolute atomic E-state index is 0.0469. The molecule has 1 aliphatic carbocycles. The maximum Gasteiger partial charge on any atom is 0.323 e. The van der Waals surface area contributed by atoms with Gasteiger partial charge in [-0.05, 0) is 31.1 Å². The van der Waals surface area contributed by atoms with Crippen LogP contribution in [0.2, 0.25) is 0 Å². The van der Waals surface area contributed by atoms with Gasteiger partial charge in [0.05, 0.1) is 0 Å². The highest BCUT2D eigenvalue weighted by molar-refractivity contribution is 7.90. The number of carboxylic acids is 1. The van der Waals surface area contributed by atoms with E-state index in [0.29, 0.717) is 12.5 Å². The normalized spacial score (nSPS) is 20.8. The molecule has 6 heteroatoms. The van der Waals surface area contributed by atoms with Crippen LogP contribution in [-0.4, -0.2) is 31.3 Å². The van der Waals surface area contributed by atoms with Crippen LogP contribution in [0.1, 0.15) is 33.6 Å². The Balaban J connectivity index is 2.59. The van der Waals surface area contributed by atoms with E-state index in [9.17, 15) is 13.2 Å². The average molecular weight is 249 g/mol. The molecule has 0 amide bonds. The summed E-state index contributed by atoms with van der Waals surface area (Å²) in [6.07, 6.45) is 2.02. The molecule has 0 heterocycles. The lowest BCUT2D eigenvalue weighted by atomic mass is 9.93. The Morgan fingerprint density at radius 2 is 1.88 bits per heavy atom. The van der Waals surface area contributed by atoms with E-state index in [-0.39, 0.29) is 5.41 Å². The minimum Gasteiger partial charge on any atom is -0.480 e. The molecule has 1 aliphatic rings. The first-order valence-electron chi connectivity index (χ1n) is 5.42. The van der Waals surface area contributed by atoms with Gasteiger partial charge in [-0.15, -0.1) is 0 Å². The number of sulfonamides is 1. The van der Waals surface area contributed by atoms with Gasteiger partial charge in [-0.2, -0.15) is 0 Å². The molecular formula is C10H19NO4S. The first-order chi connectivity index (χ1) is 7.21. The second-order valence-electron chi connectivity index (χ2n) is 4.86. The SMILES string of the molecule is CC(C)C1(CNS(=O)(=O)C(C)C(=O)O)CC1. The molecule has 1 atom stereocenters. The van der Waals surface area contributed by atoms with Crippen LogP contribution in [0.25, 0.3) is 0 Å². The Bertz CT molecular complexity index is 370. The first kappa shape index (κ1) is 13.4. The zero-order valence-corrected chi connectivity index (χ0v) is 10.7. The molecule has 0 spiro atoms. The zero-order valence-electron chi connectivity index (χ0n) is 9.86. The second-order valence-corrected chi connectivity index (χ2v) is 6.95. The minimum atomic E-state index is -3.74. The molecule has 0 radical (unpaired) electrons. The van der Waals surface area contributed by atoms with Crippen molar-refractivity contribution in [1.29, 1.82) is 0 Å². The van der Waals surface area contributed by atoms with Crippen molar-refractivity contribution in [2.75, 3.05) is 6.54 Å². The molecule has 1 unspecified atom stereocenters. The largest absolute Gasteiger partial charge is 0.480 e. The number of carboxylic acid groups (broad SMARTS) is 1. The molecule has 1 fully saturated rings. The predicted octanol–water partition coefficient (Wildman–Crippen LogP) is 0.815. The lowest BCUT2D eigenvalue weighted by Crippen LogP contribution is -2.41. The molecule has 0 aromatic rings. The van der Waals surface area contributed by atoms with Crippen LogP contribution in [0.5, 0.6) is 0 Å². The third-order valence-electron chi connectivity index (χ3n) is 3.56. The standard InChI is InChI=1S/C10H19NO4S/c1-7(2)10(4-5-10)6-11-16(14,15)8(3)9(12)13/h7-8,11H,4-6H2,1-3H3,(H,12,13). The predicted molar refractivity (Wildman–Crippen MR) is 60.5 cm³/mol. The van der Waals surface area contributed by atoms with Crippen molar-refractivity contribution >= 4 is 16.0 Å². The van der Waals surface area contributed by atoms with Gasteiger partial charge in [0.2, 0.25) is 10.0 Å². The Hall–Kier alpha value is -0.620. The molecular weight excluding hydrogens is 230 g/mol. The van der Waals surface area contributed by atoms with Crippen LogP contribution in [-0.2, 0) is 14.8 Å². The van der Waals surface area contributed by atoms with E-state index in [4.69, 9.17) is 5.11 Å². The van der Waals surface area contributed by atoms with Crippen LogP contribution in [0.4, 0.5) is 0 Å². The molecule has 0 aliphatic heterocycles. The Morgan fingerprint density at radius 1 is 1.38 bits per heavy atom. The summed E-state index contributed by atoms with van der Waals surface area (Å²) in [5, 5.41) is 7.26. The maximum atomic E-state index is 11.6. The van der Waals surface area contributed by atoms with Crippen molar-refractivity contribution in [3.8, 4) is 0 Å². The number of aliphatic carboxylic acids is 1. The summed E-state index contributed by atoms with van der Waals surface area (Å²) >= 11 is 0. The van der Waals surface area contributed by atoms with Gasteiger partial charge in [-0.25, -0.2) is 13.1 Å². The van der Waals surface area contributed by atoms with Crippen LogP contribution in [0.15, 0.2) is 0 Å². The van der Waals surface area contributed by atoms with Gasteiger partial charge in [0.1, 0.15) is 0 Å². The molecule has 5 nitrogen and oxygen atoms in total. The molecule has 1 saturated carbocycles. The fraction of sp³-hybridized carbons (Fsp3) is 0.900. The quantitative estimate of drug-likeness (QED) is 0.730. The smallest absolute Gasteiger partial charge is 0.323 e. The summed E-state index contributed by atoms with van der Waals surface area (Å²) < 4.78 is 25.6. The van der Waals surface area contributed by atoms with Crippen molar-refractivity contribution < 1.29 is 18.3 Å². The van der Waals surface area contributed by atoms with Crippen molar-refractivity contribution in [3.63, 3.8) is 0 Å². The summed E-state index contributed by atoms with van der Waals surface area (Å²) in [7, 11) is -3.74. The van der Waals surface area contributed by atoms with Crippen LogP contribution >= 0.6 is 0 Å². The van der Waals surface area contributed by atoms with Crippen molar-refractivity contribution in [1.82, 2.24) is 4.72 Å². The Morgan fingerprint density at radius 3 is 2.19 bits per heavy atom. The topological polar surface area (TPSA) is 83.5 Å². The summed E-state index contributed by atoms with van der Waals surface area (Å²) in [5.74, 6) is -0.905. The van der Waals surface area contributed by atoms with Gasteiger partial charge in [0.15, 0.2) is 5.25 Å². The van der Waals surface area contributed by atoms with Crippen LogP contribution < -0.4 is 4.72 Å². The van der Waals surface area contributed by atoms with E-state index >= 15 is 0 Å². The summed E-state index contributed by atoms with van der Waals surface area (Å²) in [6, 6.07) is 0. The summed E-state index contributed by atoms with van der Waals surface area (Å²) in [5.41, 5.74) is 0.0469. The van der Waals surface area contributed by atoms with Gasteiger partial charge in [-0.1, -0.05) is 13.8 Å². The second kappa shape index (κ2) is 4.33.